The first-order valence-corrected chi connectivity index (χ1v) is 9.47. The van der Waals surface area contributed by atoms with Crippen LogP contribution in [0.2, 0.25) is 0 Å². The lowest BCUT2D eigenvalue weighted by molar-refractivity contribution is -0.120. The summed E-state index contributed by atoms with van der Waals surface area (Å²) in [5.41, 5.74) is 5.88. The largest absolute Gasteiger partial charge is 0.445 e. The van der Waals surface area contributed by atoms with Crippen LogP contribution in [0.4, 0.5) is 5.13 Å². The average molecular weight is 352 g/mol. The molecule has 8 heteroatoms. The predicted molar refractivity (Wildman–Crippen MR) is 91.5 cm³/mol. The van der Waals surface area contributed by atoms with Crippen molar-refractivity contribution in [2.75, 3.05) is 5.32 Å². The van der Waals surface area contributed by atoms with Gasteiger partial charge in [0, 0.05) is 12.0 Å². The average Bonchev–Trinajstić information content (AvgIpc) is 3.15. The molecule has 1 aliphatic rings. The molecule has 1 fully saturated rings. The number of anilines is 1. The highest BCUT2D eigenvalue weighted by molar-refractivity contribution is 8.00. The van der Waals surface area contributed by atoms with Crippen LogP contribution in [0.15, 0.2) is 21.0 Å². The smallest absolute Gasteiger partial charge is 0.229 e. The standard InChI is InChI=1S/C15H20N4O2S2/c1-9-6-17-12(21-9)8-22-13-7-18-15(23-13)19-14(20)10-2-4-11(16)5-3-10/h6-7,10-11H,2-5,8,16H2,1H3,(H,18,19,20). The van der Waals surface area contributed by atoms with Gasteiger partial charge in [-0.05, 0) is 32.6 Å². The number of amides is 1. The molecule has 1 saturated carbocycles. The first kappa shape index (κ1) is 16.5. The third kappa shape index (κ3) is 4.55. The van der Waals surface area contributed by atoms with E-state index in [0.717, 1.165) is 35.7 Å². The summed E-state index contributed by atoms with van der Waals surface area (Å²) in [5, 5.41) is 3.57. The van der Waals surface area contributed by atoms with E-state index in [1.807, 2.05) is 6.92 Å². The van der Waals surface area contributed by atoms with E-state index >= 15 is 0 Å². The van der Waals surface area contributed by atoms with E-state index in [1.54, 1.807) is 24.2 Å². The summed E-state index contributed by atoms with van der Waals surface area (Å²) in [6.07, 6.45) is 7.06. The normalized spacial score (nSPS) is 21.3. The number of hydrogen-bond acceptors (Lipinski definition) is 7. The highest BCUT2D eigenvalue weighted by Gasteiger charge is 2.25. The molecule has 0 spiro atoms. The number of aromatic nitrogens is 2. The number of oxazole rings is 1. The monoisotopic (exact) mass is 352 g/mol. The summed E-state index contributed by atoms with van der Waals surface area (Å²) < 4.78 is 6.47. The van der Waals surface area contributed by atoms with Crippen molar-refractivity contribution in [3.8, 4) is 0 Å². The van der Waals surface area contributed by atoms with Gasteiger partial charge >= 0.3 is 0 Å². The van der Waals surface area contributed by atoms with E-state index in [0.29, 0.717) is 16.8 Å². The Labute approximate surface area is 143 Å². The number of nitrogens with zero attached hydrogens (tertiary/aromatic N) is 2. The number of thioether (sulfide) groups is 1. The number of nitrogens with one attached hydrogen (secondary N) is 1. The van der Waals surface area contributed by atoms with Crippen LogP contribution in [0.25, 0.3) is 0 Å². The van der Waals surface area contributed by atoms with Crippen LogP contribution < -0.4 is 11.1 Å². The number of hydrogen-bond donors (Lipinski definition) is 2. The van der Waals surface area contributed by atoms with Gasteiger partial charge in [0.25, 0.3) is 0 Å². The maximum atomic E-state index is 12.2. The van der Waals surface area contributed by atoms with Gasteiger partial charge in [-0.25, -0.2) is 9.97 Å². The second-order valence-corrected chi connectivity index (χ2v) is 8.04. The molecule has 0 unspecified atom stereocenters. The summed E-state index contributed by atoms with van der Waals surface area (Å²) >= 11 is 3.08. The van der Waals surface area contributed by atoms with E-state index in [2.05, 4.69) is 15.3 Å². The molecule has 1 aliphatic carbocycles. The summed E-state index contributed by atoms with van der Waals surface area (Å²) in [7, 11) is 0. The molecular weight excluding hydrogens is 332 g/mol. The van der Waals surface area contributed by atoms with Gasteiger partial charge in [-0.15, -0.1) is 11.8 Å². The van der Waals surface area contributed by atoms with Crippen LogP contribution in [0.5, 0.6) is 0 Å². The van der Waals surface area contributed by atoms with E-state index < -0.39 is 0 Å². The van der Waals surface area contributed by atoms with Crippen molar-refractivity contribution < 1.29 is 9.21 Å². The fourth-order valence-corrected chi connectivity index (χ4v) is 4.30. The van der Waals surface area contributed by atoms with Crippen LogP contribution >= 0.6 is 23.1 Å². The molecule has 2 aromatic heterocycles. The van der Waals surface area contributed by atoms with Crippen molar-refractivity contribution in [2.45, 2.75) is 48.6 Å². The van der Waals surface area contributed by atoms with Crippen LogP contribution in [0, 0.1) is 12.8 Å². The Kier molecular flexibility index (Phi) is 5.34. The first-order chi connectivity index (χ1) is 11.1. The van der Waals surface area contributed by atoms with E-state index in [1.165, 1.54) is 11.3 Å². The van der Waals surface area contributed by atoms with Gasteiger partial charge in [-0.2, -0.15) is 0 Å². The van der Waals surface area contributed by atoms with Crippen molar-refractivity contribution in [3.05, 3.63) is 24.0 Å². The Balaban J connectivity index is 1.49. The molecule has 2 aromatic rings. The maximum absolute atomic E-state index is 12.2. The number of carbonyl (C=O) groups is 1. The zero-order valence-electron chi connectivity index (χ0n) is 12.9. The zero-order chi connectivity index (χ0) is 16.2. The molecule has 0 bridgehead atoms. The lowest BCUT2D eigenvalue weighted by Gasteiger charge is -2.24. The lowest BCUT2D eigenvalue weighted by atomic mass is 9.86. The van der Waals surface area contributed by atoms with E-state index in [9.17, 15) is 4.79 Å². The minimum absolute atomic E-state index is 0.0603. The van der Waals surface area contributed by atoms with Gasteiger partial charge in [0.15, 0.2) is 5.13 Å². The summed E-state index contributed by atoms with van der Waals surface area (Å²) in [4.78, 5) is 20.7. The summed E-state index contributed by atoms with van der Waals surface area (Å²) in [5.74, 6) is 2.29. The van der Waals surface area contributed by atoms with Gasteiger partial charge in [-0.1, -0.05) is 11.3 Å². The molecule has 124 valence electrons. The Hall–Kier alpha value is -1.38. The third-order valence-corrected chi connectivity index (χ3v) is 5.96. The highest BCUT2D eigenvalue weighted by atomic mass is 32.2. The number of aryl methyl sites for hydroxylation is 1. The van der Waals surface area contributed by atoms with Gasteiger partial charge in [0.2, 0.25) is 11.8 Å². The van der Waals surface area contributed by atoms with Crippen molar-refractivity contribution in [3.63, 3.8) is 0 Å². The topological polar surface area (TPSA) is 94.0 Å². The molecule has 2 heterocycles. The first-order valence-electron chi connectivity index (χ1n) is 7.66. The minimum atomic E-state index is 0.0603. The lowest BCUT2D eigenvalue weighted by Crippen LogP contribution is -2.32. The molecule has 0 aromatic carbocycles. The molecule has 0 aliphatic heterocycles. The molecule has 0 atom stereocenters. The van der Waals surface area contributed by atoms with Crippen molar-refractivity contribution in [1.82, 2.24) is 9.97 Å². The molecule has 3 N–H and O–H groups in total. The molecule has 0 radical (unpaired) electrons. The maximum Gasteiger partial charge on any atom is 0.229 e. The fourth-order valence-electron chi connectivity index (χ4n) is 2.57. The number of rotatable bonds is 5. The number of nitrogens with two attached hydrogens (primary N) is 1. The molecule has 0 saturated heterocycles. The van der Waals surface area contributed by atoms with Gasteiger partial charge < -0.3 is 15.5 Å². The van der Waals surface area contributed by atoms with E-state index in [-0.39, 0.29) is 17.9 Å². The van der Waals surface area contributed by atoms with Gasteiger partial charge in [-0.3, -0.25) is 4.79 Å². The molecule has 1 amide bonds. The van der Waals surface area contributed by atoms with E-state index in [4.69, 9.17) is 10.2 Å². The van der Waals surface area contributed by atoms with Gasteiger partial charge in [0.05, 0.1) is 22.4 Å². The Bertz CT molecular complexity index is 662. The van der Waals surface area contributed by atoms with Crippen molar-refractivity contribution in [1.29, 1.82) is 0 Å². The predicted octanol–water partition coefficient (Wildman–Crippen LogP) is 3.19. The van der Waals surface area contributed by atoms with Crippen molar-refractivity contribution in [2.24, 2.45) is 11.7 Å². The molecular formula is C15H20N4O2S2. The summed E-state index contributed by atoms with van der Waals surface area (Å²) in [6, 6.07) is 0.251. The Morgan fingerprint density at radius 1 is 1.39 bits per heavy atom. The van der Waals surface area contributed by atoms with Crippen LogP contribution in [0.3, 0.4) is 0 Å². The fraction of sp³-hybridized carbons (Fsp3) is 0.533. The van der Waals surface area contributed by atoms with Crippen LogP contribution in [-0.4, -0.2) is 21.9 Å². The highest BCUT2D eigenvalue weighted by Crippen LogP contribution is 2.31. The van der Waals surface area contributed by atoms with Crippen LogP contribution in [0.1, 0.15) is 37.3 Å². The Morgan fingerprint density at radius 3 is 2.87 bits per heavy atom. The number of thiazole rings is 1. The minimum Gasteiger partial charge on any atom is -0.445 e. The summed E-state index contributed by atoms with van der Waals surface area (Å²) in [6.45, 7) is 1.87. The third-order valence-electron chi connectivity index (χ3n) is 3.86. The second-order valence-electron chi connectivity index (χ2n) is 5.74. The molecule has 23 heavy (non-hydrogen) atoms. The SMILES string of the molecule is Cc1cnc(CSc2cnc(NC(=O)C3CCC(N)CC3)s2)o1. The van der Waals surface area contributed by atoms with Crippen molar-refractivity contribution >= 4 is 34.1 Å². The zero-order valence-corrected chi connectivity index (χ0v) is 14.6. The quantitative estimate of drug-likeness (QED) is 0.803. The molecule has 6 nitrogen and oxygen atoms in total. The van der Waals surface area contributed by atoms with Crippen LogP contribution in [-0.2, 0) is 10.5 Å². The second kappa shape index (κ2) is 7.46. The number of carbonyl (C=O) groups excluding carboxylic acids is 1. The molecule has 3 rings (SSSR count). The Morgan fingerprint density at radius 2 is 2.17 bits per heavy atom. The van der Waals surface area contributed by atoms with Gasteiger partial charge in [0.1, 0.15) is 5.76 Å².